The van der Waals surface area contributed by atoms with Crippen molar-refractivity contribution in [3.05, 3.63) is 51.7 Å². The molecule has 0 aliphatic heterocycles. The topological polar surface area (TPSA) is 30.5 Å². The Kier molecular flexibility index (Phi) is 6.23. The molecule has 0 aliphatic carbocycles. The van der Waals surface area contributed by atoms with Crippen LogP contribution in [0.4, 0.5) is 0 Å². The van der Waals surface area contributed by atoms with Crippen molar-refractivity contribution in [2.75, 3.05) is 27.4 Å². The quantitative estimate of drug-likeness (QED) is 0.807. The van der Waals surface area contributed by atoms with E-state index >= 15 is 0 Å². The van der Waals surface area contributed by atoms with Gasteiger partial charge in [0.2, 0.25) is 0 Å². The van der Waals surface area contributed by atoms with E-state index in [2.05, 4.69) is 42.6 Å². The number of nitrogens with one attached hydrogen (secondary N) is 1. The molecule has 1 aromatic heterocycles. The third-order valence-electron chi connectivity index (χ3n) is 3.43. The molecule has 0 radical (unpaired) electrons. The first kappa shape index (κ1) is 16.0. The molecule has 21 heavy (non-hydrogen) atoms. The van der Waals surface area contributed by atoms with Crippen molar-refractivity contribution in [2.45, 2.75) is 19.4 Å². The molecule has 0 amide bonds. The van der Waals surface area contributed by atoms with Gasteiger partial charge in [-0.1, -0.05) is 31.2 Å². The van der Waals surface area contributed by atoms with Crippen molar-refractivity contribution in [1.29, 1.82) is 0 Å². The van der Waals surface area contributed by atoms with Gasteiger partial charge in [0.15, 0.2) is 0 Å². The van der Waals surface area contributed by atoms with Gasteiger partial charge in [0.25, 0.3) is 0 Å². The zero-order chi connectivity index (χ0) is 15.1. The van der Waals surface area contributed by atoms with Crippen molar-refractivity contribution < 1.29 is 9.47 Å². The number of hydrogen-bond donors (Lipinski definition) is 1. The molecule has 2 aromatic rings. The fraction of sp³-hybridized carbons (Fsp3) is 0.412. The normalized spacial score (nSPS) is 12.3. The van der Waals surface area contributed by atoms with Crippen LogP contribution in [-0.4, -0.2) is 27.4 Å². The highest BCUT2D eigenvalue weighted by molar-refractivity contribution is 7.10. The molecule has 0 saturated heterocycles. The van der Waals surface area contributed by atoms with Crippen molar-refractivity contribution in [1.82, 2.24) is 5.32 Å². The molecule has 114 valence electrons. The van der Waals surface area contributed by atoms with E-state index in [1.165, 1.54) is 16.0 Å². The molecule has 3 nitrogen and oxygen atoms in total. The standard InChI is InChI=1S/C17H23NO2S/c1-4-18-17(16-11-15(20-3)12-21-16)14-7-5-13(6-8-14)9-10-19-2/h5-8,11-12,17-18H,4,9-10H2,1-3H3. The Morgan fingerprint density at radius 2 is 1.95 bits per heavy atom. The SMILES string of the molecule is CCNC(c1ccc(CCOC)cc1)c1cc(OC)cs1. The predicted molar refractivity (Wildman–Crippen MR) is 88.4 cm³/mol. The maximum atomic E-state index is 5.29. The summed E-state index contributed by atoms with van der Waals surface area (Å²) >= 11 is 1.73. The van der Waals surface area contributed by atoms with Crippen molar-refractivity contribution in [3.8, 4) is 5.75 Å². The second kappa shape index (κ2) is 8.17. The lowest BCUT2D eigenvalue weighted by atomic mass is 10.0. The van der Waals surface area contributed by atoms with Crippen LogP contribution < -0.4 is 10.1 Å². The number of hydrogen-bond acceptors (Lipinski definition) is 4. The first-order chi connectivity index (χ1) is 10.3. The van der Waals surface area contributed by atoms with Gasteiger partial charge in [-0.15, -0.1) is 11.3 Å². The summed E-state index contributed by atoms with van der Waals surface area (Å²) in [6.07, 6.45) is 0.954. The lowest BCUT2D eigenvalue weighted by Crippen LogP contribution is -2.21. The van der Waals surface area contributed by atoms with Crippen LogP contribution in [0.25, 0.3) is 0 Å². The Morgan fingerprint density at radius 1 is 1.19 bits per heavy atom. The summed E-state index contributed by atoms with van der Waals surface area (Å²) in [4.78, 5) is 1.28. The summed E-state index contributed by atoms with van der Waals surface area (Å²) in [5, 5.41) is 5.59. The molecule has 4 heteroatoms. The predicted octanol–water partition coefficient (Wildman–Crippen LogP) is 3.64. The van der Waals surface area contributed by atoms with Gasteiger partial charge in [-0.05, 0) is 30.2 Å². The minimum atomic E-state index is 0.223. The van der Waals surface area contributed by atoms with E-state index in [-0.39, 0.29) is 6.04 Å². The van der Waals surface area contributed by atoms with E-state index in [1.807, 2.05) is 5.38 Å². The van der Waals surface area contributed by atoms with E-state index < -0.39 is 0 Å². The van der Waals surface area contributed by atoms with Gasteiger partial charge in [0.05, 0.1) is 19.8 Å². The van der Waals surface area contributed by atoms with E-state index in [9.17, 15) is 0 Å². The maximum Gasteiger partial charge on any atom is 0.129 e. The maximum absolute atomic E-state index is 5.29. The minimum absolute atomic E-state index is 0.223. The van der Waals surface area contributed by atoms with Crippen LogP contribution in [0.3, 0.4) is 0 Å². The Hall–Kier alpha value is -1.36. The minimum Gasteiger partial charge on any atom is -0.496 e. The molecule has 1 aromatic carbocycles. The molecule has 2 rings (SSSR count). The second-order valence-electron chi connectivity index (χ2n) is 4.86. The largest absolute Gasteiger partial charge is 0.496 e. The molecular formula is C17H23NO2S. The number of rotatable bonds is 8. The van der Waals surface area contributed by atoms with Crippen LogP contribution >= 0.6 is 11.3 Å². The van der Waals surface area contributed by atoms with Crippen LogP contribution in [0.2, 0.25) is 0 Å². The number of benzene rings is 1. The van der Waals surface area contributed by atoms with E-state index in [4.69, 9.17) is 9.47 Å². The van der Waals surface area contributed by atoms with Crippen LogP contribution in [0.15, 0.2) is 35.7 Å². The molecule has 0 bridgehead atoms. The van der Waals surface area contributed by atoms with Gasteiger partial charge in [0, 0.05) is 17.4 Å². The number of ether oxygens (including phenoxy) is 2. The van der Waals surface area contributed by atoms with Crippen LogP contribution in [0.5, 0.6) is 5.75 Å². The monoisotopic (exact) mass is 305 g/mol. The fourth-order valence-corrected chi connectivity index (χ4v) is 3.23. The lowest BCUT2D eigenvalue weighted by molar-refractivity contribution is 0.202. The van der Waals surface area contributed by atoms with Crippen molar-refractivity contribution >= 4 is 11.3 Å². The zero-order valence-corrected chi connectivity index (χ0v) is 13.7. The van der Waals surface area contributed by atoms with Crippen LogP contribution in [0, 0.1) is 0 Å². The summed E-state index contributed by atoms with van der Waals surface area (Å²) in [6.45, 7) is 3.82. The fourth-order valence-electron chi connectivity index (χ4n) is 2.28. The Labute approximate surface area is 130 Å². The van der Waals surface area contributed by atoms with Gasteiger partial charge >= 0.3 is 0 Å². The number of thiophene rings is 1. The van der Waals surface area contributed by atoms with Crippen LogP contribution in [0.1, 0.15) is 29.0 Å². The van der Waals surface area contributed by atoms with E-state index in [0.717, 1.165) is 25.3 Å². The highest BCUT2D eigenvalue weighted by Crippen LogP contribution is 2.31. The lowest BCUT2D eigenvalue weighted by Gasteiger charge is -2.17. The molecule has 0 spiro atoms. The third-order valence-corrected chi connectivity index (χ3v) is 4.41. The van der Waals surface area contributed by atoms with Gasteiger partial charge in [-0.3, -0.25) is 0 Å². The average Bonchev–Trinajstić information content (AvgIpc) is 3.00. The third kappa shape index (κ3) is 4.30. The first-order valence-electron chi connectivity index (χ1n) is 7.22. The van der Waals surface area contributed by atoms with Crippen molar-refractivity contribution in [3.63, 3.8) is 0 Å². The van der Waals surface area contributed by atoms with Crippen LogP contribution in [-0.2, 0) is 11.2 Å². The molecule has 1 unspecified atom stereocenters. The Bertz CT molecular complexity index is 536. The summed E-state index contributed by atoms with van der Waals surface area (Å²) in [6, 6.07) is 11.1. The Morgan fingerprint density at radius 3 is 2.52 bits per heavy atom. The average molecular weight is 305 g/mol. The highest BCUT2D eigenvalue weighted by Gasteiger charge is 2.15. The summed E-state index contributed by atoms with van der Waals surface area (Å²) in [5.41, 5.74) is 2.59. The first-order valence-corrected chi connectivity index (χ1v) is 8.10. The molecule has 0 aliphatic rings. The molecule has 0 saturated carbocycles. The van der Waals surface area contributed by atoms with E-state index in [0.29, 0.717) is 0 Å². The van der Waals surface area contributed by atoms with Gasteiger partial charge in [0.1, 0.15) is 5.75 Å². The molecule has 1 atom stereocenters. The summed E-state index contributed by atoms with van der Waals surface area (Å²) in [7, 11) is 3.44. The van der Waals surface area contributed by atoms with Gasteiger partial charge < -0.3 is 14.8 Å². The van der Waals surface area contributed by atoms with Gasteiger partial charge in [-0.2, -0.15) is 0 Å². The Balaban J connectivity index is 2.17. The number of methoxy groups -OCH3 is 2. The molecule has 1 N–H and O–H groups in total. The zero-order valence-electron chi connectivity index (χ0n) is 12.9. The second-order valence-corrected chi connectivity index (χ2v) is 5.81. The van der Waals surface area contributed by atoms with Crippen molar-refractivity contribution in [2.24, 2.45) is 0 Å². The molecule has 1 heterocycles. The van der Waals surface area contributed by atoms with Gasteiger partial charge in [-0.25, -0.2) is 0 Å². The van der Waals surface area contributed by atoms with E-state index in [1.54, 1.807) is 25.6 Å². The molecular weight excluding hydrogens is 282 g/mol. The highest BCUT2D eigenvalue weighted by atomic mass is 32.1. The molecule has 0 fully saturated rings. The summed E-state index contributed by atoms with van der Waals surface area (Å²) < 4.78 is 10.4. The summed E-state index contributed by atoms with van der Waals surface area (Å²) in [5.74, 6) is 0.926. The smallest absolute Gasteiger partial charge is 0.129 e.